The standard InChI is InChI=1S/C43H49F2N9O7/c1-21(2)35(50-42(57)59-5)40(55)52-13-7-9-30(52)38-46-18-27(48-38)23-11-12-29-25(15-23)34(45)37-33-26(44)16-24(17-32(33)61-20-54(29)37)28-19-47-39(49-28)31-10-8-14-53(31)41(56)36(22(3)4)51-43(58)60-6/h11-12,15-19,21-22,30-31,35-36H,7-10,13-14,20H2,1-6H3,(H,46,48)(H,47,49)(H,50,57)(H,51,58). The van der Waals surface area contributed by atoms with Gasteiger partial charge in [-0.15, -0.1) is 0 Å². The normalized spacial score (nSPS) is 18.2. The first-order chi connectivity index (χ1) is 29.3. The lowest BCUT2D eigenvalue weighted by molar-refractivity contribution is -0.136. The van der Waals surface area contributed by atoms with Crippen LogP contribution in [0.1, 0.15) is 77.1 Å². The molecule has 0 spiro atoms. The summed E-state index contributed by atoms with van der Waals surface area (Å²) in [5, 5.41) is 5.57. The second kappa shape index (κ2) is 16.5. The van der Waals surface area contributed by atoms with E-state index in [9.17, 15) is 19.2 Å². The van der Waals surface area contributed by atoms with Crippen molar-refractivity contribution in [2.75, 3.05) is 27.3 Å². The first-order valence-electron chi connectivity index (χ1n) is 20.5. The molecule has 6 heterocycles. The van der Waals surface area contributed by atoms with Crippen molar-refractivity contribution in [3.05, 3.63) is 66.0 Å². The molecular formula is C43H49F2N9O7. The molecule has 61 heavy (non-hydrogen) atoms. The predicted octanol–water partition coefficient (Wildman–Crippen LogP) is 6.80. The number of carbonyl (C=O) groups is 4. The molecule has 4 atom stereocenters. The number of alkyl carbamates (subject to hydrolysis) is 2. The highest BCUT2D eigenvalue weighted by Gasteiger charge is 2.39. The molecule has 2 fully saturated rings. The van der Waals surface area contributed by atoms with Gasteiger partial charge in [-0.1, -0.05) is 33.8 Å². The summed E-state index contributed by atoms with van der Waals surface area (Å²) in [7, 11) is 2.50. The average molecular weight is 842 g/mol. The smallest absolute Gasteiger partial charge is 0.407 e. The SMILES string of the molecule is COC(=O)NC(C(=O)N1CCCC1c1ncc(-c2cc(F)c3c(c2)OCn2c-3c(F)c3cc(-c4cnc(C5CCCN5C(=O)C(NC(=O)OC)C(C)C)[nH]4)ccc32)[nH]1)C(C)C. The van der Waals surface area contributed by atoms with Gasteiger partial charge in [-0.25, -0.2) is 28.3 Å². The van der Waals surface area contributed by atoms with Crippen molar-refractivity contribution in [3.8, 4) is 39.5 Å². The first-order valence-corrected chi connectivity index (χ1v) is 20.5. The maximum atomic E-state index is 16.6. The number of imidazole rings is 2. The van der Waals surface area contributed by atoms with Gasteiger partial charge >= 0.3 is 12.2 Å². The molecule has 4 unspecified atom stereocenters. The molecule has 4 N–H and O–H groups in total. The molecule has 0 bridgehead atoms. The topological polar surface area (TPSA) is 189 Å². The second-order valence-electron chi connectivity index (χ2n) is 16.4. The molecule has 322 valence electrons. The molecule has 0 saturated carbocycles. The molecule has 3 aliphatic heterocycles. The van der Waals surface area contributed by atoms with Crippen LogP contribution in [0.3, 0.4) is 0 Å². The van der Waals surface area contributed by atoms with Gasteiger partial charge in [0, 0.05) is 29.6 Å². The van der Waals surface area contributed by atoms with Crippen molar-refractivity contribution in [1.29, 1.82) is 0 Å². The van der Waals surface area contributed by atoms with Crippen LogP contribution < -0.4 is 15.4 Å². The summed E-state index contributed by atoms with van der Waals surface area (Å²) in [6.45, 7) is 8.32. The van der Waals surface area contributed by atoms with Crippen molar-refractivity contribution < 1.29 is 42.2 Å². The number of aromatic nitrogens is 5. The fourth-order valence-corrected chi connectivity index (χ4v) is 8.77. The Balaban J connectivity index is 1.03. The third kappa shape index (κ3) is 7.52. The van der Waals surface area contributed by atoms with Crippen LogP contribution in [0.15, 0.2) is 42.7 Å². The van der Waals surface area contributed by atoms with Gasteiger partial charge in [0.1, 0.15) is 35.3 Å². The molecule has 4 amide bonds. The second-order valence-corrected chi connectivity index (χ2v) is 16.4. The van der Waals surface area contributed by atoms with Crippen LogP contribution in [-0.2, 0) is 25.8 Å². The minimum Gasteiger partial charge on any atom is -0.472 e. The van der Waals surface area contributed by atoms with Gasteiger partial charge in [-0.3, -0.25) is 9.59 Å². The van der Waals surface area contributed by atoms with Gasteiger partial charge in [0.25, 0.3) is 0 Å². The van der Waals surface area contributed by atoms with E-state index in [1.54, 1.807) is 45.0 Å². The summed E-state index contributed by atoms with van der Waals surface area (Å²) < 4.78 is 50.0. The molecule has 2 aromatic carbocycles. The Morgan fingerprint density at radius 3 is 1.85 bits per heavy atom. The zero-order valence-corrected chi connectivity index (χ0v) is 34.8. The minimum absolute atomic E-state index is 0.00778. The quantitative estimate of drug-likeness (QED) is 0.117. The molecule has 2 saturated heterocycles. The number of H-pyrrole nitrogens is 2. The summed E-state index contributed by atoms with van der Waals surface area (Å²) in [5.41, 5.74) is 2.76. The summed E-state index contributed by atoms with van der Waals surface area (Å²) in [5.74, 6) is -0.863. The van der Waals surface area contributed by atoms with Crippen LogP contribution in [0, 0.1) is 23.5 Å². The number of aromatic amines is 2. The molecule has 5 aromatic rings. The molecule has 0 aliphatic carbocycles. The third-order valence-corrected chi connectivity index (χ3v) is 11.9. The highest BCUT2D eigenvalue weighted by molar-refractivity contribution is 5.93. The Kier molecular flexibility index (Phi) is 11.2. The molecule has 18 heteroatoms. The van der Waals surface area contributed by atoms with Crippen LogP contribution in [0.4, 0.5) is 18.4 Å². The van der Waals surface area contributed by atoms with E-state index in [2.05, 4.69) is 30.6 Å². The van der Waals surface area contributed by atoms with E-state index in [4.69, 9.17) is 14.2 Å². The molecular weight excluding hydrogens is 793 g/mol. The molecule has 8 rings (SSSR count). The first kappa shape index (κ1) is 41.3. The maximum absolute atomic E-state index is 16.6. The molecule has 3 aromatic heterocycles. The number of fused-ring (bicyclic) bond motifs is 5. The van der Waals surface area contributed by atoms with Crippen molar-refractivity contribution in [2.45, 2.75) is 84.3 Å². The van der Waals surface area contributed by atoms with Crippen LogP contribution in [0.5, 0.6) is 5.75 Å². The lowest BCUT2D eigenvalue weighted by atomic mass is 10.0. The van der Waals surface area contributed by atoms with E-state index >= 15 is 8.78 Å². The van der Waals surface area contributed by atoms with Crippen LogP contribution >= 0.6 is 0 Å². The number of rotatable bonds is 10. The zero-order chi connectivity index (χ0) is 43.3. The third-order valence-electron chi connectivity index (χ3n) is 11.9. The number of hydrogen-bond donors (Lipinski definition) is 4. The summed E-state index contributed by atoms with van der Waals surface area (Å²) in [4.78, 5) is 70.5. The van der Waals surface area contributed by atoms with E-state index < -0.39 is 35.9 Å². The van der Waals surface area contributed by atoms with E-state index in [-0.39, 0.29) is 64.9 Å². The number of hydrogen-bond acceptors (Lipinski definition) is 9. The van der Waals surface area contributed by atoms with Crippen LogP contribution in [0.25, 0.3) is 44.7 Å². The number of nitrogens with one attached hydrogen (secondary N) is 4. The minimum atomic E-state index is -0.787. The number of likely N-dealkylation sites (tertiary alicyclic amines) is 2. The van der Waals surface area contributed by atoms with Crippen molar-refractivity contribution in [2.24, 2.45) is 11.8 Å². The number of benzene rings is 2. The van der Waals surface area contributed by atoms with Gasteiger partial charge in [0.2, 0.25) is 11.8 Å². The number of halogens is 2. The van der Waals surface area contributed by atoms with Gasteiger partial charge in [0.15, 0.2) is 12.5 Å². The Bertz CT molecular complexity index is 2510. The van der Waals surface area contributed by atoms with Gasteiger partial charge < -0.3 is 49.2 Å². The Labute approximate surface area is 350 Å². The Morgan fingerprint density at radius 1 is 0.787 bits per heavy atom. The predicted molar refractivity (Wildman–Crippen MR) is 219 cm³/mol. The Hall–Kier alpha value is -6.46. The average Bonchev–Trinajstić information content (AvgIpc) is 4.11. The number of amides is 4. The highest BCUT2D eigenvalue weighted by Crippen LogP contribution is 2.45. The van der Waals surface area contributed by atoms with Crippen molar-refractivity contribution in [3.63, 3.8) is 0 Å². The molecule has 0 radical (unpaired) electrons. The number of ether oxygens (including phenoxy) is 3. The van der Waals surface area contributed by atoms with E-state index in [1.807, 2.05) is 33.8 Å². The fourth-order valence-electron chi connectivity index (χ4n) is 8.77. The zero-order valence-electron chi connectivity index (χ0n) is 34.8. The number of nitrogens with zero attached hydrogens (tertiary/aromatic N) is 5. The molecule has 16 nitrogen and oxygen atoms in total. The lowest BCUT2D eigenvalue weighted by Gasteiger charge is -2.30. The van der Waals surface area contributed by atoms with Gasteiger partial charge in [0.05, 0.1) is 66.9 Å². The largest absolute Gasteiger partial charge is 0.472 e. The highest BCUT2D eigenvalue weighted by atomic mass is 19.1. The van der Waals surface area contributed by atoms with Gasteiger partial charge in [-0.05, 0) is 61.8 Å². The van der Waals surface area contributed by atoms with Gasteiger partial charge in [-0.2, -0.15) is 0 Å². The number of carbonyl (C=O) groups excluding carboxylic acids is 4. The summed E-state index contributed by atoms with van der Waals surface area (Å²) >= 11 is 0. The summed E-state index contributed by atoms with van der Waals surface area (Å²) in [6, 6.07) is 5.93. The monoisotopic (exact) mass is 841 g/mol. The molecule has 3 aliphatic rings. The van der Waals surface area contributed by atoms with Crippen molar-refractivity contribution in [1.82, 2.24) is 44.9 Å². The lowest BCUT2D eigenvalue weighted by Crippen LogP contribution is -2.51. The number of methoxy groups -OCH3 is 2. The van der Waals surface area contributed by atoms with Crippen LogP contribution in [0.2, 0.25) is 0 Å². The van der Waals surface area contributed by atoms with E-state index in [1.165, 1.54) is 20.3 Å². The van der Waals surface area contributed by atoms with Crippen molar-refractivity contribution >= 4 is 34.9 Å². The van der Waals surface area contributed by atoms with Crippen LogP contribution in [-0.4, -0.2) is 97.7 Å². The van der Waals surface area contributed by atoms with E-state index in [0.717, 1.165) is 12.8 Å². The Morgan fingerprint density at radius 2 is 1.33 bits per heavy atom. The fraction of sp³-hybridized carbons (Fsp3) is 0.442. The summed E-state index contributed by atoms with van der Waals surface area (Å²) in [6.07, 6.45) is 4.66. The maximum Gasteiger partial charge on any atom is 0.407 e. The van der Waals surface area contributed by atoms with E-state index in [0.29, 0.717) is 65.6 Å².